The molecule has 1 unspecified atom stereocenters. The number of rotatable bonds is 2. The SMILES string of the molecule is Oc1ccc(N2c3ccc(Br)cc3CCC2c2ccccc2)cc1. The molecule has 1 aliphatic heterocycles. The van der Waals surface area contributed by atoms with Crippen molar-refractivity contribution in [2.45, 2.75) is 18.9 Å². The van der Waals surface area contributed by atoms with E-state index in [1.807, 2.05) is 12.1 Å². The lowest BCUT2D eigenvalue weighted by Gasteiger charge is -2.39. The van der Waals surface area contributed by atoms with Crippen molar-refractivity contribution in [1.29, 1.82) is 0 Å². The van der Waals surface area contributed by atoms with Crippen molar-refractivity contribution < 1.29 is 5.11 Å². The van der Waals surface area contributed by atoms with Crippen LogP contribution in [0.2, 0.25) is 0 Å². The number of anilines is 2. The topological polar surface area (TPSA) is 23.5 Å². The highest BCUT2D eigenvalue weighted by Crippen LogP contribution is 2.44. The maximum absolute atomic E-state index is 9.64. The average Bonchev–Trinajstić information content (AvgIpc) is 2.62. The molecule has 1 N–H and O–H groups in total. The molecule has 1 aliphatic rings. The fourth-order valence-corrected chi connectivity index (χ4v) is 3.91. The lowest BCUT2D eigenvalue weighted by Crippen LogP contribution is -2.29. The number of nitrogens with zero attached hydrogens (tertiary/aromatic N) is 1. The van der Waals surface area contributed by atoms with Crippen LogP contribution >= 0.6 is 15.9 Å². The second-order valence-corrected chi connectivity index (χ2v) is 7.04. The Morgan fingerprint density at radius 2 is 1.67 bits per heavy atom. The van der Waals surface area contributed by atoms with Gasteiger partial charge in [-0.1, -0.05) is 46.3 Å². The molecule has 4 rings (SSSR count). The Morgan fingerprint density at radius 3 is 2.42 bits per heavy atom. The largest absolute Gasteiger partial charge is 0.508 e. The first-order valence-electron chi connectivity index (χ1n) is 8.14. The number of aryl methyl sites for hydroxylation is 1. The van der Waals surface area contributed by atoms with Gasteiger partial charge in [0, 0.05) is 15.8 Å². The first kappa shape index (κ1) is 15.3. The normalized spacial score (nSPS) is 16.7. The third-order valence-electron chi connectivity index (χ3n) is 4.61. The average molecular weight is 380 g/mol. The van der Waals surface area contributed by atoms with Gasteiger partial charge in [0.2, 0.25) is 0 Å². The summed E-state index contributed by atoms with van der Waals surface area (Å²) in [5, 5.41) is 9.64. The number of phenolic OH excluding ortho intramolecular Hbond substituents is 1. The minimum absolute atomic E-state index is 0.294. The van der Waals surface area contributed by atoms with Gasteiger partial charge in [-0.15, -0.1) is 0 Å². The third kappa shape index (κ3) is 2.80. The Labute approximate surface area is 150 Å². The quantitative estimate of drug-likeness (QED) is 0.591. The van der Waals surface area contributed by atoms with E-state index in [-0.39, 0.29) is 0 Å². The monoisotopic (exact) mass is 379 g/mol. The lowest BCUT2D eigenvalue weighted by atomic mass is 9.90. The maximum atomic E-state index is 9.64. The van der Waals surface area contributed by atoms with Crippen molar-refractivity contribution in [2.24, 2.45) is 0 Å². The van der Waals surface area contributed by atoms with Gasteiger partial charge in [0.1, 0.15) is 5.75 Å². The lowest BCUT2D eigenvalue weighted by molar-refractivity contribution is 0.475. The molecule has 2 nitrogen and oxygen atoms in total. The second-order valence-electron chi connectivity index (χ2n) is 6.12. The van der Waals surface area contributed by atoms with E-state index in [9.17, 15) is 5.11 Å². The van der Waals surface area contributed by atoms with Crippen molar-refractivity contribution in [3.63, 3.8) is 0 Å². The fourth-order valence-electron chi connectivity index (χ4n) is 3.50. The molecule has 0 saturated carbocycles. The van der Waals surface area contributed by atoms with Gasteiger partial charge in [0.25, 0.3) is 0 Å². The van der Waals surface area contributed by atoms with E-state index >= 15 is 0 Å². The van der Waals surface area contributed by atoms with Gasteiger partial charge in [-0.3, -0.25) is 0 Å². The van der Waals surface area contributed by atoms with Crippen LogP contribution in [0.15, 0.2) is 77.3 Å². The van der Waals surface area contributed by atoms with E-state index in [1.54, 1.807) is 12.1 Å². The van der Waals surface area contributed by atoms with Crippen molar-refractivity contribution in [3.8, 4) is 5.75 Å². The fraction of sp³-hybridized carbons (Fsp3) is 0.143. The summed E-state index contributed by atoms with van der Waals surface area (Å²) in [5.41, 5.74) is 5.01. The Balaban J connectivity index is 1.86. The molecule has 0 aromatic heterocycles. The highest BCUT2D eigenvalue weighted by atomic mass is 79.9. The zero-order chi connectivity index (χ0) is 16.5. The first-order valence-corrected chi connectivity index (χ1v) is 8.93. The van der Waals surface area contributed by atoms with Gasteiger partial charge in [-0.2, -0.15) is 0 Å². The number of hydrogen-bond acceptors (Lipinski definition) is 2. The number of benzene rings is 3. The zero-order valence-electron chi connectivity index (χ0n) is 13.2. The summed E-state index contributed by atoms with van der Waals surface area (Å²) >= 11 is 3.58. The number of hydrogen-bond donors (Lipinski definition) is 1. The summed E-state index contributed by atoms with van der Waals surface area (Å²) in [4.78, 5) is 2.39. The highest BCUT2D eigenvalue weighted by Gasteiger charge is 2.28. The van der Waals surface area contributed by atoms with Crippen molar-refractivity contribution in [1.82, 2.24) is 0 Å². The van der Waals surface area contributed by atoms with E-state index in [0.29, 0.717) is 11.8 Å². The molecule has 0 bridgehead atoms. The van der Waals surface area contributed by atoms with E-state index in [1.165, 1.54) is 16.8 Å². The molecule has 3 aromatic carbocycles. The molecule has 0 aliphatic carbocycles. The second kappa shape index (κ2) is 6.33. The van der Waals surface area contributed by atoms with Crippen molar-refractivity contribution in [3.05, 3.63) is 88.4 Å². The van der Waals surface area contributed by atoms with Crippen LogP contribution in [0, 0.1) is 0 Å². The first-order chi connectivity index (χ1) is 11.7. The van der Waals surface area contributed by atoms with Gasteiger partial charge in [0.15, 0.2) is 0 Å². The third-order valence-corrected chi connectivity index (χ3v) is 5.11. The van der Waals surface area contributed by atoms with Crippen molar-refractivity contribution in [2.75, 3.05) is 4.90 Å². The van der Waals surface area contributed by atoms with Gasteiger partial charge in [0.05, 0.1) is 6.04 Å². The standard InChI is InChI=1S/C21H18BrNO/c22-17-7-13-21-16(14-17)6-12-20(15-4-2-1-3-5-15)23(21)18-8-10-19(24)11-9-18/h1-5,7-11,13-14,20,24H,6,12H2. The predicted octanol–water partition coefficient (Wildman–Crippen LogP) is 5.98. The van der Waals surface area contributed by atoms with Crippen LogP contribution in [-0.4, -0.2) is 5.11 Å². The van der Waals surface area contributed by atoms with Gasteiger partial charge < -0.3 is 10.0 Å². The number of halogens is 1. The Bertz CT molecular complexity index is 845. The van der Waals surface area contributed by atoms with E-state index in [4.69, 9.17) is 0 Å². The molecular weight excluding hydrogens is 362 g/mol. The molecule has 1 heterocycles. The molecule has 120 valence electrons. The van der Waals surface area contributed by atoms with Gasteiger partial charge >= 0.3 is 0 Å². The smallest absolute Gasteiger partial charge is 0.115 e. The summed E-state index contributed by atoms with van der Waals surface area (Å²) in [6.45, 7) is 0. The summed E-state index contributed by atoms with van der Waals surface area (Å²) < 4.78 is 1.12. The maximum Gasteiger partial charge on any atom is 0.115 e. The molecule has 0 radical (unpaired) electrons. The van der Waals surface area contributed by atoms with E-state index < -0.39 is 0 Å². The summed E-state index contributed by atoms with van der Waals surface area (Å²) in [7, 11) is 0. The molecule has 0 amide bonds. The highest BCUT2D eigenvalue weighted by molar-refractivity contribution is 9.10. The molecule has 3 aromatic rings. The van der Waals surface area contributed by atoms with E-state index in [0.717, 1.165) is 23.0 Å². The van der Waals surface area contributed by atoms with Crippen LogP contribution in [0.25, 0.3) is 0 Å². The minimum Gasteiger partial charge on any atom is -0.508 e. The van der Waals surface area contributed by atoms with Crippen LogP contribution in [0.4, 0.5) is 11.4 Å². The van der Waals surface area contributed by atoms with Crippen molar-refractivity contribution >= 4 is 27.3 Å². The van der Waals surface area contributed by atoms with E-state index in [2.05, 4.69) is 69.4 Å². The molecule has 0 saturated heterocycles. The molecular formula is C21H18BrNO. The molecule has 24 heavy (non-hydrogen) atoms. The van der Waals surface area contributed by atoms with Gasteiger partial charge in [-0.25, -0.2) is 0 Å². The van der Waals surface area contributed by atoms with Crippen LogP contribution in [0.5, 0.6) is 5.75 Å². The van der Waals surface area contributed by atoms with Crippen LogP contribution < -0.4 is 4.90 Å². The van der Waals surface area contributed by atoms with Gasteiger partial charge in [-0.05, 0) is 66.4 Å². The molecule has 0 fully saturated rings. The minimum atomic E-state index is 0.294. The summed E-state index contributed by atoms with van der Waals surface area (Å²) in [6, 6.07) is 24.9. The number of fused-ring (bicyclic) bond motifs is 1. The summed E-state index contributed by atoms with van der Waals surface area (Å²) in [6.07, 6.45) is 2.12. The molecule has 1 atom stereocenters. The van der Waals surface area contributed by atoms with Crippen LogP contribution in [-0.2, 0) is 6.42 Å². The summed E-state index contributed by atoms with van der Waals surface area (Å²) in [5.74, 6) is 0.294. The van der Waals surface area contributed by atoms with Crippen LogP contribution in [0.3, 0.4) is 0 Å². The predicted molar refractivity (Wildman–Crippen MR) is 102 cm³/mol. The molecule has 0 spiro atoms. The Hall–Kier alpha value is -2.26. The number of phenols is 1. The Kier molecular flexibility index (Phi) is 4.03. The zero-order valence-corrected chi connectivity index (χ0v) is 14.8. The van der Waals surface area contributed by atoms with Crippen LogP contribution in [0.1, 0.15) is 23.6 Å². The molecule has 3 heteroatoms. The number of aromatic hydroxyl groups is 1. The Morgan fingerprint density at radius 1 is 0.917 bits per heavy atom.